The summed E-state index contributed by atoms with van der Waals surface area (Å²) in [6.45, 7) is 6.14. The number of halogens is 1. The number of ether oxygens (including phenoxy) is 1. The van der Waals surface area contributed by atoms with E-state index in [1.165, 1.54) is 0 Å². The molecule has 0 radical (unpaired) electrons. The van der Waals surface area contributed by atoms with E-state index in [-0.39, 0.29) is 11.7 Å². The molecule has 5 nitrogen and oxygen atoms in total. The summed E-state index contributed by atoms with van der Waals surface area (Å²) >= 11 is 3.22. The number of hydrogen-bond acceptors (Lipinski definition) is 5. The molecule has 2 heterocycles. The number of carbonyl (C=O) groups is 1. The Bertz CT molecular complexity index is 600. The van der Waals surface area contributed by atoms with E-state index >= 15 is 0 Å². The first-order valence-corrected chi connectivity index (χ1v) is 7.23. The number of carbonyl (C=O) groups excluding carboxylic acids is 1. The van der Waals surface area contributed by atoms with Crippen LogP contribution >= 0.6 is 15.9 Å². The molecule has 0 amide bonds. The summed E-state index contributed by atoms with van der Waals surface area (Å²) in [7, 11) is 0. The van der Waals surface area contributed by atoms with Gasteiger partial charge in [-0.25, -0.2) is 9.78 Å². The molecule has 0 unspecified atom stereocenters. The number of hydrogen-bond donors (Lipinski definition) is 0. The monoisotopic (exact) mass is 341 g/mol. The molecule has 108 valence electrons. The molecule has 0 spiro atoms. The fourth-order valence-corrected chi connectivity index (χ4v) is 2.07. The van der Waals surface area contributed by atoms with Gasteiger partial charge < -0.3 is 13.6 Å². The van der Waals surface area contributed by atoms with Crippen LogP contribution in [0.15, 0.2) is 25.6 Å². The Kier molecular flexibility index (Phi) is 4.65. The lowest BCUT2D eigenvalue weighted by molar-refractivity contribution is 0.0489. The Hall–Kier alpha value is -1.56. The molecule has 0 atom stereocenters. The molecule has 0 aliphatic heterocycles. The zero-order chi connectivity index (χ0) is 14.7. The van der Waals surface area contributed by atoms with Gasteiger partial charge in [-0.05, 0) is 47.3 Å². The zero-order valence-electron chi connectivity index (χ0n) is 11.6. The molecule has 6 heteroatoms. The van der Waals surface area contributed by atoms with E-state index in [9.17, 15) is 4.79 Å². The topological polar surface area (TPSA) is 65.5 Å². The number of furan rings is 1. The van der Waals surface area contributed by atoms with Crippen LogP contribution in [-0.4, -0.2) is 17.6 Å². The molecule has 0 saturated carbocycles. The minimum Gasteiger partial charge on any atom is -0.460 e. The average Bonchev–Trinajstić information content (AvgIpc) is 2.95. The van der Waals surface area contributed by atoms with Gasteiger partial charge in [0.1, 0.15) is 0 Å². The van der Waals surface area contributed by atoms with Gasteiger partial charge in [0.25, 0.3) is 5.89 Å². The number of nitrogens with zero attached hydrogens (tertiary/aromatic N) is 1. The standard InChI is InChI=1S/C14H16BrNO4/c1-4-18-14(17)12-9(7-8(2)3)16-13(20-12)10-5-6-11(15)19-10/h5-6,8H,4,7H2,1-3H3. The molecule has 0 aliphatic rings. The van der Waals surface area contributed by atoms with E-state index in [0.29, 0.717) is 35.1 Å². The van der Waals surface area contributed by atoms with Crippen molar-refractivity contribution in [1.82, 2.24) is 4.98 Å². The highest BCUT2D eigenvalue weighted by Gasteiger charge is 2.23. The van der Waals surface area contributed by atoms with Crippen LogP contribution < -0.4 is 0 Å². The maximum atomic E-state index is 11.9. The van der Waals surface area contributed by atoms with Crippen LogP contribution in [0, 0.1) is 5.92 Å². The Morgan fingerprint density at radius 3 is 2.70 bits per heavy atom. The van der Waals surface area contributed by atoms with Crippen molar-refractivity contribution in [3.05, 3.63) is 28.3 Å². The summed E-state index contributed by atoms with van der Waals surface area (Å²) in [6, 6.07) is 3.47. The van der Waals surface area contributed by atoms with Crippen LogP contribution in [0.1, 0.15) is 37.0 Å². The van der Waals surface area contributed by atoms with E-state index in [1.54, 1.807) is 19.1 Å². The first-order valence-electron chi connectivity index (χ1n) is 6.43. The Labute approximate surface area is 125 Å². The van der Waals surface area contributed by atoms with Gasteiger partial charge in [-0.1, -0.05) is 13.8 Å². The molecule has 20 heavy (non-hydrogen) atoms. The highest BCUT2D eigenvalue weighted by molar-refractivity contribution is 9.10. The van der Waals surface area contributed by atoms with Crippen molar-refractivity contribution in [3.63, 3.8) is 0 Å². The van der Waals surface area contributed by atoms with Crippen LogP contribution in [0.2, 0.25) is 0 Å². The second-order valence-corrected chi connectivity index (χ2v) is 5.50. The van der Waals surface area contributed by atoms with Gasteiger partial charge in [-0.15, -0.1) is 0 Å². The van der Waals surface area contributed by atoms with E-state index in [1.807, 2.05) is 13.8 Å². The van der Waals surface area contributed by atoms with Crippen LogP contribution in [0.4, 0.5) is 0 Å². The lowest BCUT2D eigenvalue weighted by Gasteiger charge is -2.02. The molecule has 0 bridgehead atoms. The Morgan fingerprint density at radius 1 is 1.40 bits per heavy atom. The van der Waals surface area contributed by atoms with Crippen molar-refractivity contribution >= 4 is 21.9 Å². The summed E-state index contributed by atoms with van der Waals surface area (Å²) in [6.07, 6.45) is 0.638. The maximum Gasteiger partial charge on any atom is 0.376 e. The van der Waals surface area contributed by atoms with Crippen molar-refractivity contribution in [2.24, 2.45) is 5.92 Å². The molecule has 0 aliphatic carbocycles. The molecule has 0 fully saturated rings. The van der Waals surface area contributed by atoms with E-state index in [2.05, 4.69) is 20.9 Å². The molecule has 2 aromatic rings. The number of esters is 1. The van der Waals surface area contributed by atoms with Crippen molar-refractivity contribution < 1.29 is 18.4 Å². The molecule has 0 aromatic carbocycles. The number of aromatic nitrogens is 1. The predicted octanol–water partition coefficient (Wildman–Crippen LogP) is 4.07. The predicted molar refractivity (Wildman–Crippen MR) is 76.4 cm³/mol. The van der Waals surface area contributed by atoms with Crippen LogP contribution in [0.5, 0.6) is 0 Å². The third-order valence-electron chi connectivity index (χ3n) is 2.54. The van der Waals surface area contributed by atoms with Gasteiger partial charge in [0.05, 0.1) is 12.3 Å². The zero-order valence-corrected chi connectivity index (χ0v) is 13.2. The smallest absolute Gasteiger partial charge is 0.376 e. The fraction of sp³-hybridized carbons (Fsp3) is 0.429. The second-order valence-electron chi connectivity index (χ2n) is 4.72. The van der Waals surface area contributed by atoms with E-state index < -0.39 is 5.97 Å². The quantitative estimate of drug-likeness (QED) is 0.766. The molecular formula is C14H16BrNO4. The minimum absolute atomic E-state index is 0.156. The first kappa shape index (κ1) is 14.8. The van der Waals surface area contributed by atoms with Crippen molar-refractivity contribution in [2.75, 3.05) is 6.61 Å². The first-order chi connectivity index (χ1) is 9.51. The summed E-state index contributed by atoms with van der Waals surface area (Å²) in [5.41, 5.74) is 0.598. The van der Waals surface area contributed by atoms with E-state index in [0.717, 1.165) is 0 Å². The van der Waals surface area contributed by atoms with Gasteiger partial charge in [0.15, 0.2) is 10.4 Å². The maximum absolute atomic E-state index is 11.9. The average molecular weight is 342 g/mol. The summed E-state index contributed by atoms with van der Waals surface area (Å²) < 4.78 is 16.5. The SMILES string of the molecule is CCOC(=O)c1oc(-c2ccc(Br)o2)nc1CC(C)C. The minimum atomic E-state index is -0.493. The second kappa shape index (κ2) is 6.26. The van der Waals surface area contributed by atoms with Gasteiger partial charge in [0.2, 0.25) is 5.76 Å². The molecule has 2 aromatic heterocycles. The van der Waals surface area contributed by atoms with Gasteiger partial charge in [-0.3, -0.25) is 0 Å². The third kappa shape index (κ3) is 3.30. The van der Waals surface area contributed by atoms with Crippen molar-refractivity contribution in [1.29, 1.82) is 0 Å². The normalized spacial score (nSPS) is 11.1. The molecule has 0 saturated heterocycles. The van der Waals surface area contributed by atoms with Gasteiger partial charge >= 0.3 is 5.97 Å². The van der Waals surface area contributed by atoms with Gasteiger partial charge in [-0.2, -0.15) is 0 Å². The summed E-state index contributed by atoms with van der Waals surface area (Å²) in [5.74, 6) is 0.770. The highest BCUT2D eigenvalue weighted by Crippen LogP contribution is 2.27. The lowest BCUT2D eigenvalue weighted by atomic mass is 10.1. The van der Waals surface area contributed by atoms with Crippen molar-refractivity contribution in [2.45, 2.75) is 27.2 Å². The molecule has 0 N–H and O–H groups in total. The third-order valence-corrected chi connectivity index (χ3v) is 2.97. The molecule has 2 rings (SSSR count). The van der Waals surface area contributed by atoms with Crippen LogP contribution in [-0.2, 0) is 11.2 Å². The largest absolute Gasteiger partial charge is 0.460 e. The highest BCUT2D eigenvalue weighted by atomic mass is 79.9. The van der Waals surface area contributed by atoms with Gasteiger partial charge in [0, 0.05) is 0 Å². The summed E-state index contributed by atoms with van der Waals surface area (Å²) in [5, 5.41) is 0. The lowest BCUT2D eigenvalue weighted by Crippen LogP contribution is -2.08. The molecular weight excluding hydrogens is 326 g/mol. The van der Waals surface area contributed by atoms with Crippen molar-refractivity contribution in [3.8, 4) is 11.7 Å². The Balaban J connectivity index is 2.38. The number of rotatable bonds is 5. The van der Waals surface area contributed by atoms with E-state index in [4.69, 9.17) is 13.6 Å². The Morgan fingerprint density at radius 2 is 2.15 bits per heavy atom. The fourth-order valence-electron chi connectivity index (χ4n) is 1.77. The van der Waals surface area contributed by atoms with Crippen LogP contribution in [0.25, 0.3) is 11.7 Å². The number of oxazole rings is 1. The summed E-state index contributed by atoms with van der Waals surface area (Å²) in [4.78, 5) is 16.3. The van der Waals surface area contributed by atoms with Crippen LogP contribution in [0.3, 0.4) is 0 Å².